The molecule has 1 fully saturated rings. The minimum absolute atomic E-state index is 0.0888. The van der Waals surface area contributed by atoms with E-state index in [0.29, 0.717) is 23.2 Å². The molecule has 1 aliphatic rings. The number of benzene rings is 1. The van der Waals surface area contributed by atoms with Crippen molar-refractivity contribution < 1.29 is 8.42 Å². The lowest BCUT2D eigenvalue weighted by atomic mass is 9.80. The topological polar surface area (TPSA) is 98.2 Å². The average Bonchev–Trinajstić information content (AvgIpc) is 2.38. The van der Waals surface area contributed by atoms with E-state index < -0.39 is 10.0 Å². The molecule has 2 unspecified atom stereocenters. The smallest absolute Gasteiger partial charge is 0.238 e. The summed E-state index contributed by atoms with van der Waals surface area (Å²) in [5.41, 5.74) is 7.07. The largest absolute Gasteiger partial charge is 0.397 e. The maximum absolute atomic E-state index is 11.4. The van der Waals surface area contributed by atoms with Gasteiger partial charge in [-0.3, -0.25) is 0 Å². The normalized spacial score (nSPS) is 23.5. The van der Waals surface area contributed by atoms with E-state index in [2.05, 4.69) is 12.2 Å². The van der Waals surface area contributed by atoms with Crippen LogP contribution in [0.25, 0.3) is 0 Å². The van der Waals surface area contributed by atoms with Crippen LogP contribution >= 0.6 is 0 Å². The monoisotopic (exact) mass is 297 g/mol. The molecule has 1 aromatic rings. The number of nitrogens with one attached hydrogen (secondary N) is 1. The quantitative estimate of drug-likeness (QED) is 0.742. The summed E-state index contributed by atoms with van der Waals surface area (Å²) in [6, 6.07) is 4.52. The van der Waals surface area contributed by atoms with Crippen molar-refractivity contribution in [3.8, 4) is 0 Å². The first kappa shape index (κ1) is 15.1. The minimum atomic E-state index is -3.69. The van der Waals surface area contributed by atoms with Crippen molar-refractivity contribution in [1.82, 2.24) is 0 Å². The Labute approximate surface area is 120 Å². The lowest BCUT2D eigenvalue weighted by Crippen LogP contribution is -2.24. The Morgan fingerprint density at radius 2 is 2.00 bits per heavy atom. The number of rotatable bonds is 4. The van der Waals surface area contributed by atoms with Gasteiger partial charge in [0.15, 0.2) is 0 Å². The molecule has 1 aliphatic carbocycles. The second kappa shape index (κ2) is 6.01. The van der Waals surface area contributed by atoms with E-state index in [1.165, 1.54) is 37.8 Å². The van der Waals surface area contributed by atoms with E-state index in [-0.39, 0.29) is 4.90 Å². The van der Waals surface area contributed by atoms with E-state index in [4.69, 9.17) is 10.9 Å². The van der Waals surface area contributed by atoms with E-state index in [9.17, 15) is 8.42 Å². The first-order chi connectivity index (χ1) is 9.38. The Morgan fingerprint density at radius 1 is 1.30 bits per heavy atom. The molecule has 6 heteroatoms. The summed E-state index contributed by atoms with van der Waals surface area (Å²) in [6.45, 7) is 3.09. The Kier molecular flexibility index (Phi) is 4.55. The number of anilines is 2. The van der Waals surface area contributed by atoms with Gasteiger partial charge in [0.1, 0.15) is 0 Å². The molecule has 0 bridgehead atoms. The lowest BCUT2D eigenvalue weighted by Gasteiger charge is -2.29. The zero-order chi connectivity index (χ0) is 14.8. The molecule has 0 saturated heterocycles. The fourth-order valence-corrected chi connectivity index (χ4v) is 3.34. The Balaban J connectivity index is 2.09. The summed E-state index contributed by atoms with van der Waals surface area (Å²) in [7, 11) is -3.69. The second-order valence-corrected chi connectivity index (χ2v) is 7.26. The highest BCUT2D eigenvalue weighted by atomic mass is 32.2. The summed E-state index contributed by atoms with van der Waals surface area (Å²) in [4.78, 5) is 0.0888. The van der Waals surface area contributed by atoms with Gasteiger partial charge in [0.25, 0.3) is 0 Å². The van der Waals surface area contributed by atoms with Crippen LogP contribution in [0, 0.1) is 11.8 Å². The van der Waals surface area contributed by atoms with Crippen molar-refractivity contribution in [2.45, 2.75) is 37.5 Å². The number of hydrogen-bond acceptors (Lipinski definition) is 4. The molecule has 0 aromatic heterocycles. The predicted octanol–water partition coefficient (Wildman–Crippen LogP) is 2.15. The summed E-state index contributed by atoms with van der Waals surface area (Å²) in [5.74, 6) is 1.31. The molecule has 5 N–H and O–H groups in total. The number of nitrogen functional groups attached to an aromatic ring is 1. The average molecular weight is 297 g/mol. The van der Waals surface area contributed by atoms with Crippen molar-refractivity contribution in [2.75, 3.05) is 17.6 Å². The van der Waals surface area contributed by atoms with Crippen LogP contribution in [0.3, 0.4) is 0 Å². The number of hydrogen-bond donors (Lipinski definition) is 3. The van der Waals surface area contributed by atoms with Gasteiger partial charge in [0.2, 0.25) is 10.0 Å². The highest BCUT2D eigenvalue weighted by Gasteiger charge is 2.21. The van der Waals surface area contributed by atoms with Gasteiger partial charge >= 0.3 is 0 Å². The molecule has 1 saturated carbocycles. The summed E-state index contributed by atoms with van der Waals surface area (Å²) >= 11 is 0. The van der Waals surface area contributed by atoms with Crippen molar-refractivity contribution >= 4 is 21.4 Å². The maximum atomic E-state index is 11.4. The molecular formula is C14H23N3O2S. The van der Waals surface area contributed by atoms with Crippen molar-refractivity contribution in [2.24, 2.45) is 17.0 Å². The SMILES string of the molecule is CC1CCCCC1CNc1cc(S(N)(=O)=O)ccc1N. The first-order valence-corrected chi connectivity index (χ1v) is 8.59. The fourth-order valence-electron chi connectivity index (χ4n) is 2.80. The third kappa shape index (κ3) is 3.64. The molecule has 5 nitrogen and oxygen atoms in total. The number of nitrogens with two attached hydrogens (primary N) is 2. The molecule has 0 spiro atoms. The van der Waals surface area contributed by atoms with Crippen molar-refractivity contribution in [3.63, 3.8) is 0 Å². The Bertz CT molecular complexity index is 572. The summed E-state index contributed by atoms with van der Waals surface area (Å²) < 4.78 is 22.7. The van der Waals surface area contributed by atoms with Gasteiger partial charge in [0, 0.05) is 6.54 Å². The van der Waals surface area contributed by atoms with Gasteiger partial charge in [-0.15, -0.1) is 0 Å². The fraction of sp³-hybridized carbons (Fsp3) is 0.571. The van der Waals surface area contributed by atoms with Crippen LogP contribution in [0.5, 0.6) is 0 Å². The van der Waals surface area contributed by atoms with Crippen LogP contribution in [0.1, 0.15) is 32.6 Å². The molecule has 2 rings (SSSR count). The van der Waals surface area contributed by atoms with Gasteiger partial charge < -0.3 is 11.1 Å². The first-order valence-electron chi connectivity index (χ1n) is 7.04. The summed E-state index contributed by atoms with van der Waals surface area (Å²) in [6.07, 6.45) is 5.05. The van der Waals surface area contributed by atoms with Gasteiger partial charge in [-0.2, -0.15) is 0 Å². The highest BCUT2D eigenvalue weighted by molar-refractivity contribution is 7.89. The van der Waals surface area contributed by atoms with E-state index >= 15 is 0 Å². The predicted molar refractivity (Wildman–Crippen MR) is 81.8 cm³/mol. The van der Waals surface area contributed by atoms with E-state index in [0.717, 1.165) is 6.54 Å². The Morgan fingerprint density at radius 3 is 2.65 bits per heavy atom. The molecule has 1 aromatic carbocycles. The molecule has 2 atom stereocenters. The van der Waals surface area contributed by atoms with Crippen LogP contribution in [0.4, 0.5) is 11.4 Å². The highest BCUT2D eigenvalue weighted by Crippen LogP contribution is 2.30. The number of sulfonamides is 1. The van der Waals surface area contributed by atoms with Crippen LogP contribution in [-0.2, 0) is 10.0 Å². The third-order valence-corrected chi connectivity index (χ3v) is 5.11. The molecule has 0 radical (unpaired) electrons. The number of primary sulfonamides is 1. The van der Waals surface area contributed by atoms with Gasteiger partial charge in [-0.05, 0) is 36.5 Å². The molecule has 112 valence electrons. The molecule has 0 aliphatic heterocycles. The maximum Gasteiger partial charge on any atom is 0.238 e. The lowest BCUT2D eigenvalue weighted by molar-refractivity contribution is 0.268. The van der Waals surface area contributed by atoms with Gasteiger partial charge in [0.05, 0.1) is 16.3 Å². The molecule has 20 heavy (non-hydrogen) atoms. The third-order valence-electron chi connectivity index (χ3n) is 4.20. The van der Waals surface area contributed by atoms with Gasteiger partial charge in [-0.1, -0.05) is 26.2 Å². The zero-order valence-electron chi connectivity index (χ0n) is 11.8. The van der Waals surface area contributed by atoms with Gasteiger partial charge in [-0.25, -0.2) is 13.6 Å². The van der Waals surface area contributed by atoms with E-state index in [1.807, 2.05) is 0 Å². The minimum Gasteiger partial charge on any atom is -0.397 e. The molecule has 0 amide bonds. The molecule has 0 heterocycles. The van der Waals surface area contributed by atoms with Crippen LogP contribution in [0.15, 0.2) is 23.1 Å². The van der Waals surface area contributed by atoms with Crippen LogP contribution < -0.4 is 16.2 Å². The second-order valence-electron chi connectivity index (χ2n) is 5.70. The zero-order valence-corrected chi connectivity index (χ0v) is 12.6. The van der Waals surface area contributed by atoms with Crippen molar-refractivity contribution in [3.05, 3.63) is 18.2 Å². The van der Waals surface area contributed by atoms with Crippen molar-refractivity contribution in [1.29, 1.82) is 0 Å². The standard InChI is InChI=1S/C14H23N3O2S/c1-10-4-2-3-5-11(10)9-17-14-8-12(20(16,18)19)6-7-13(14)15/h6-8,10-11,17H,2-5,9,15H2,1H3,(H2,16,18,19). The molecular weight excluding hydrogens is 274 g/mol. The summed E-state index contributed by atoms with van der Waals surface area (Å²) in [5, 5.41) is 8.42. The van der Waals surface area contributed by atoms with Crippen LogP contribution in [0.2, 0.25) is 0 Å². The Hall–Kier alpha value is -1.27. The van der Waals surface area contributed by atoms with E-state index in [1.54, 1.807) is 6.07 Å². The van der Waals surface area contributed by atoms with Crippen LogP contribution in [-0.4, -0.2) is 15.0 Å².